The summed E-state index contributed by atoms with van der Waals surface area (Å²) in [5, 5.41) is 3.00. The highest BCUT2D eigenvalue weighted by molar-refractivity contribution is 9.10. The van der Waals surface area contributed by atoms with Crippen LogP contribution in [0, 0.1) is 6.92 Å². The summed E-state index contributed by atoms with van der Waals surface area (Å²) in [6.07, 6.45) is 0. The topological polar surface area (TPSA) is 46.9 Å². The first-order valence-corrected chi connectivity index (χ1v) is 9.93. The largest absolute Gasteiger partial charge is 0.345 e. The summed E-state index contributed by atoms with van der Waals surface area (Å²) >= 11 is 3.41. The Balaban J connectivity index is 1.61. The van der Waals surface area contributed by atoms with Crippen LogP contribution < -0.4 is 5.32 Å². The molecule has 1 N–H and O–H groups in total. The van der Waals surface area contributed by atoms with Crippen molar-refractivity contribution in [3.8, 4) is 0 Å². The van der Waals surface area contributed by atoms with Gasteiger partial charge in [-0.1, -0.05) is 64.0 Å². The molecule has 0 fully saturated rings. The van der Waals surface area contributed by atoms with Crippen molar-refractivity contribution in [1.82, 2.24) is 14.9 Å². The van der Waals surface area contributed by atoms with Crippen LogP contribution in [0.25, 0.3) is 11.0 Å². The number of carbonyl (C=O) groups is 1. The quantitative estimate of drug-likeness (QED) is 0.476. The van der Waals surface area contributed by atoms with Crippen LogP contribution in [0.5, 0.6) is 0 Å². The van der Waals surface area contributed by atoms with Crippen molar-refractivity contribution < 1.29 is 4.79 Å². The van der Waals surface area contributed by atoms with Gasteiger partial charge in [0.05, 0.1) is 17.6 Å². The molecule has 0 aliphatic carbocycles. The van der Waals surface area contributed by atoms with E-state index in [1.54, 1.807) is 6.07 Å². The van der Waals surface area contributed by atoms with Crippen molar-refractivity contribution >= 4 is 32.9 Å². The molecule has 0 saturated carbocycles. The normalized spacial score (nSPS) is 10.9. The van der Waals surface area contributed by atoms with Crippen LogP contribution >= 0.6 is 15.9 Å². The predicted molar refractivity (Wildman–Crippen MR) is 115 cm³/mol. The minimum absolute atomic E-state index is 0.116. The maximum absolute atomic E-state index is 12.5. The minimum atomic E-state index is -0.116. The number of imidazole rings is 1. The molecule has 0 aliphatic heterocycles. The number of halogens is 1. The first kappa shape index (κ1) is 18.4. The van der Waals surface area contributed by atoms with Crippen LogP contribution in [0.2, 0.25) is 0 Å². The van der Waals surface area contributed by atoms with Gasteiger partial charge in [0.25, 0.3) is 5.91 Å². The van der Waals surface area contributed by atoms with Crippen molar-refractivity contribution in [3.05, 3.63) is 99.8 Å². The number of fused-ring (bicyclic) bond motifs is 1. The molecule has 0 radical (unpaired) electrons. The van der Waals surface area contributed by atoms with E-state index in [9.17, 15) is 4.79 Å². The number of hydrogen-bond acceptors (Lipinski definition) is 2. The van der Waals surface area contributed by atoms with Gasteiger partial charge in [-0.2, -0.15) is 0 Å². The van der Waals surface area contributed by atoms with E-state index >= 15 is 0 Å². The van der Waals surface area contributed by atoms with Gasteiger partial charge in [0, 0.05) is 16.6 Å². The molecule has 1 amide bonds. The van der Waals surface area contributed by atoms with E-state index in [-0.39, 0.29) is 5.91 Å². The second-order valence-electron chi connectivity index (χ2n) is 6.78. The number of rotatable bonds is 5. The van der Waals surface area contributed by atoms with Gasteiger partial charge < -0.3 is 9.88 Å². The Hall–Kier alpha value is -2.92. The van der Waals surface area contributed by atoms with Gasteiger partial charge >= 0.3 is 0 Å². The second kappa shape index (κ2) is 7.98. The van der Waals surface area contributed by atoms with Crippen LogP contribution in [0.15, 0.2) is 77.3 Å². The molecule has 28 heavy (non-hydrogen) atoms. The zero-order chi connectivity index (χ0) is 19.5. The molecular formula is C23H20BrN3O. The molecule has 4 nitrogen and oxygen atoms in total. The molecule has 5 heteroatoms. The summed E-state index contributed by atoms with van der Waals surface area (Å²) in [6, 6.07) is 23.9. The number of para-hydroxylation sites is 2. The molecular weight excluding hydrogens is 414 g/mol. The Morgan fingerprint density at radius 2 is 1.82 bits per heavy atom. The van der Waals surface area contributed by atoms with Crippen molar-refractivity contribution in [2.75, 3.05) is 0 Å². The number of nitrogens with one attached hydrogen (secondary N) is 1. The van der Waals surface area contributed by atoms with Crippen LogP contribution in [0.3, 0.4) is 0 Å². The number of aryl methyl sites for hydroxylation is 1. The second-order valence-corrected chi connectivity index (χ2v) is 7.70. The molecule has 1 heterocycles. The Morgan fingerprint density at radius 3 is 2.61 bits per heavy atom. The molecule has 1 aromatic heterocycles. The molecule has 0 atom stereocenters. The number of amides is 1. The summed E-state index contributed by atoms with van der Waals surface area (Å²) in [6.45, 7) is 3.16. The molecule has 140 valence electrons. The molecule has 4 aromatic rings. The van der Waals surface area contributed by atoms with Gasteiger partial charge in [0.1, 0.15) is 5.82 Å². The van der Waals surface area contributed by atoms with E-state index in [0.29, 0.717) is 18.7 Å². The van der Waals surface area contributed by atoms with Gasteiger partial charge in [-0.05, 0) is 42.8 Å². The lowest BCUT2D eigenvalue weighted by molar-refractivity contribution is 0.0949. The maximum Gasteiger partial charge on any atom is 0.251 e. The highest BCUT2D eigenvalue weighted by atomic mass is 79.9. The Labute approximate surface area is 172 Å². The molecule has 3 aromatic carbocycles. The van der Waals surface area contributed by atoms with Gasteiger partial charge in [0.2, 0.25) is 0 Å². The summed E-state index contributed by atoms with van der Waals surface area (Å²) in [4.78, 5) is 17.3. The highest BCUT2D eigenvalue weighted by Crippen LogP contribution is 2.19. The number of carbonyl (C=O) groups excluding carboxylic acids is 1. The lowest BCUT2D eigenvalue weighted by Crippen LogP contribution is -2.24. The van der Waals surface area contributed by atoms with Crippen molar-refractivity contribution in [3.63, 3.8) is 0 Å². The minimum Gasteiger partial charge on any atom is -0.345 e. The molecule has 0 spiro atoms. The number of aromatic nitrogens is 2. The SMILES string of the molecule is Cc1ccc(Cn2c(CNC(=O)c3cccc(Br)c3)nc3ccccc32)cc1. The number of hydrogen-bond donors (Lipinski definition) is 1. The molecule has 4 rings (SSSR count). The van der Waals surface area contributed by atoms with Crippen LogP contribution in [-0.2, 0) is 13.1 Å². The Bertz CT molecular complexity index is 1130. The monoisotopic (exact) mass is 433 g/mol. The maximum atomic E-state index is 12.5. The van der Waals surface area contributed by atoms with Crippen LogP contribution in [0.4, 0.5) is 0 Å². The van der Waals surface area contributed by atoms with E-state index in [0.717, 1.165) is 21.3 Å². The summed E-state index contributed by atoms with van der Waals surface area (Å²) in [7, 11) is 0. The highest BCUT2D eigenvalue weighted by Gasteiger charge is 2.13. The Morgan fingerprint density at radius 1 is 1.04 bits per heavy atom. The lowest BCUT2D eigenvalue weighted by Gasteiger charge is -2.11. The fraction of sp³-hybridized carbons (Fsp3) is 0.130. The molecule has 0 unspecified atom stereocenters. The zero-order valence-electron chi connectivity index (χ0n) is 15.5. The fourth-order valence-corrected chi connectivity index (χ4v) is 3.60. The standard InChI is InChI=1S/C23H20BrN3O/c1-16-9-11-17(12-10-16)15-27-21-8-3-2-7-20(21)26-22(27)14-25-23(28)18-5-4-6-19(24)13-18/h2-13H,14-15H2,1H3,(H,25,28). The average Bonchev–Trinajstić information content (AvgIpc) is 3.05. The van der Waals surface area contributed by atoms with E-state index in [1.165, 1.54) is 11.1 Å². The van der Waals surface area contributed by atoms with Gasteiger partial charge in [-0.25, -0.2) is 4.98 Å². The van der Waals surface area contributed by atoms with Crippen LogP contribution in [0.1, 0.15) is 27.3 Å². The lowest BCUT2D eigenvalue weighted by atomic mass is 10.1. The summed E-state index contributed by atoms with van der Waals surface area (Å²) in [5.74, 6) is 0.723. The van der Waals surface area contributed by atoms with E-state index in [4.69, 9.17) is 4.98 Å². The molecule has 0 aliphatic rings. The van der Waals surface area contributed by atoms with Crippen molar-refractivity contribution in [2.24, 2.45) is 0 Å². The van der Waals surface area contributed by atoms with Gasteiger partial charge in [0.15, 0.2) is 0 Å². The van der Waals surface area contributed by atoms with E-state index in [2.05, 4.69) is 63.1 Å². The predicted octanol–water partition coefficient (Wildman–Crippen LogP) is 5.09. The summed E-state index contributed by atoms with van der Waals surface area (Å²) < 4.78 is 3.05. The van der Waals surface area contributed by atoms with Gasteiger partial charge in [-0.15, -0.1) is 0 Å². The smallest absolute Gasteiger partial charge is 0.251 e. The molecule has 0 saturated heterocycles. The van der Waals surface area contributed by atoms with Crippen molar-refractivity contribution in [2.45, 2.75) is 20.0 Å². The molecule has 0 bridgehead atoms. The average molecular weight is 434 g/mol. The first-order chi connectivity index (χ1) is 13.6. The third kappa shape index (κ3) is 3.99. The van der Waals surface area contributed by atoms with E-state index in [1.807, 2.05) is 36.4 Å². The fourth-order valence-electron chi connectivity index (χ4n) is 3.20. The van der Waals surface area contributed by atoms with Crippen molar-refractivity contribution in [1.29, 1.82) is 0 Å². The Kier molecular flexibility index (Phi) is 5.26. The van der Waals surface area contributed by atoms with Crippen LogP contribution in [-0.4, -0.2) is 15.5 Å². The third-order valence-electron chi connectivity index (χ3n) is 4.69. The number of nitrogens with zero attached hydrogens (tertiary/aromatic N) is 2. The van der Waals surface area contributed by atoms with Gasteiger partial charge in [-0.3, -0.25) is 4.79 Å². The van der Waals surface area contributed by atoms with E-state index < -0.39 is 0 Å². The summed E-state index contributed by atoms with van der Waals surface area (Å²) in [5.41, 5.74) is 5.06. The number of benzene rings is 3. The zero-order valence-corrected chi connectivity index (χ0v) is 17.1. The third-order valence-corrected chi connectivity index (χ3v) is 5.18. The first-order valence-electron chi connectivity index (χ1n) is 9.13.